The first kappa shape index (κ1) is 17.4. The molecule has 0 spiro atoms. The molecule has 0 radical (unpaired) electrons. The van der Waals surface area contributed by atoms with Crippen molar-refractivity contribution in [3.05, 3.63) is 59.1 Å². The van der Waals surface area contributed by atoms with Crippen molar-refractivity contribution in [3.8, 4) is 5.75 Å². The van der Waals surface area contributed by atoms with E-state index in [1.165, 1.54) is 12.3 Å². The van der Waals surface area contributed by atoms with E-state index in [2.05, 4.69) is 9.48 Å². The number of halogens is 1. The van der Waals surface area contributed by atoms with Crippen LogP contribution in [0.15, 0.2) is 48.5 Å². The number of ether oxygens (including phenoxy) is 1. The molecule has 1 atom stereocenters. The molecule has 136 valence electrons. The van der Waals surface area contributed by atoms with Gasteiger partial charge >= 0.3 is 0 Å². The number of hydrogen-bond donors (Lipinski definition) is 1. The molecular formula is C21H24ClN2O2+. The van der Waals surface area contributed by atoms with Crippen LogP contribution in [-0.2, 0) is 5.72 Å². The van der Waals surface area contributed by atoms with Gasteiger partial charge in [-0.1, -0.05) is 23.7 Å². The van der Waals surface area contributed by atoms with Crippen molar-refractivity contribution < 1.29 is 14.4 Å². The van der Waals surface area contributed by atoms with Gasteiger partial charge in [0.25, 0.3) is 11.6 Å². The van der Waals surface area contributed by atoms with Crippen molar-refractivity contribution in [3.63, 3.8) is 0 Å². The number of aliphatic hydroxyl groups is 1. The maximum Gasteiger partial charge on any atom is 0.275 e. The number of amidine groups is 1. The van der Waals surface area contributed by atoms with Crippen LogP contribution in [0, 0.1) is 0 Å². The van der Waals surface area contributed by atoms with Crippen LogP contribution < -0.4 is 9.64 Å². The summed E-state index contributed by atoms with van der Waals surface area (Å²) in [5.74, 6) is 2.01. The first-order chi connectivity index (χ1) is 12.6. The van der Waals surface area contributed by atoms with Crippen molar-refractivity contribution in [1.29, 1.82) is 0 Å². The van der Waals surface area contributed by atoms with Crippen LogP contribution in [0.1, 0.15) is 31.2 Å². The summed E-state index contributed by atoms with van der Waals surface area (Å²) in [7, 11) is 1.66. The van der Waals surface area contributed by atoms with Gasteiger partial charge in [-0.3, -0.25) is 4.58 Å². The van der Waals surface area contributed by atoms with E-state index in [9.17, 15) is 5.11 Å². The first-order valence-corrected chi connectivity index (χ1v) is 9.53. The fourth-order valence-corrected chi connectivity index (χ4v) is 4.18. The molecule has 4 rings (SSSR count). The van der Waals surface area contributed by atoms with Gasteiger partial charge in [0.15, 0.2) is 6.54 Å². The molecule has 0 saturated heterocycles. The van der Waals surface area contributed by atoms with E-state index in [1.807, 2.05) is 48.5 Å². The van der Waals surface area contributed by atoms with Crippen molar-refractivity contribution >= 4 is 23.1 Å². The summed E-state index contributed by atoms with van der Waals surface area (Å²) in [5.41, 5.74) is 0.729. The van der Waals surface area contributed by atoms with Gasteiger partial charge < -0.3 is 9.84 Å². The second-order valence-corrected chi connectivity index (χ2v) is 7.44. The van der Waals surface area contributed by atoms with Crippen LogP contribution in [0.25, 0.3) is 0 Å². The van der Waals surface area contributed by atoms with Gasteiger partial charge in [0, 0.05) is 17.0 Å². The van der Waals surface area contributed by atoms with Crippen molar-refractivity contribution in [2.24, 2.45) is 0 Å². The molecule has 0 saturated carbocycles. The number of benzene rings is 2. The summed E-state index contributed by atoms with van der Waals surface area (Å²) in [6, 6.07) is 15.4. The fraction of sp³-hybridized carbons (Fsp3) is 0.381. The molecule has 0 fully saturated rings. The van der Waals surface area contributed by atoms with Gasteiger partial charge in [-0.25, -0.2) is 0 Å². The van der Waals surface area contributed by atoms with Gasteiger partial charge in [-0.05, 0) is 55.7 Å². The second kappa shape index (κ2) is 6.93. The molecule has 26 heavy (non-hydrogen) atoms. The zero-order chi connectivity index (χ0) is 18.1. The van der Waals surface area contributed by atoms with E-state index in [1.54, 1.807) is 7.11 Å². The maximum atomic E-state index is 11.8. The highest BCUT2D eigenvalue weighted by atomic mass is 35.5. The van der Waals surface area contributed by atoms with Crippen LogP contribution in [0.5, 0.6) is 5.75 Å². The number of hydrogen-bond acceptors (Lipinski definition) is 3. The van der Waals surface area contributed by atoms with Gasteiger partial charge in [0.05, 0.1) is 13.7 Å². The molecule has 4 nitrogen and oxygen atoms in total. The van der Waals surface area contributed by atoms with E-state index in [4.69, 9.17) is 16.3 Å². The van der Waals surface area contributed by atoms with E-state index < -0.39 is 5.72 Å². The molecular weight excluding hydrogens is 348 g/mol. The van der Waals surface area contributed by atoms with Crippen LogP contribution >= 0.6 is 11.6 Å². The highest BCUT2D eigenvalue weighted by molar-refractivity contribution is 6.30. The van der Waals surface area contributed by atoms with Crippen molar-refractivity contribution in [2.75, 3.05) is 25.1 Å². The molecule has 0 amide bonds. The predicted molar refractivity (Wildman–Crippen MR) is 104 cm³/mol. The molecule has 0 unspecified atom stereocenters. The Bertz CT molecular complexity index is 817. The highest BCUT2D eigenvalue weighted by Gasteiger charge is 2.53. The number of rotatable bonds is 3. The Kier molecular flexibility index (Phi) is 4.63. The largest absolute Gasteiger partial charge is 0.497 e. The minimum Gasteiger partial charge on any atom is -0.497 e. The van der Waals surface area contributed by atoms with E-state index in [0.717, 1.165) is 42.8 Å². The molecule has 2 heterocycles. The average molecular weight is 372 g/mol. The number of methoxy groups -OCH3 is 1. The minimum atomic E-state index is -1.11. The smallest absolute Gasteiger partial charge is 0.275 e. The topological polar surface area (TPSA) is 35.7 Å². The highest BCUT2D eigenvalue weighted by Crippen LogP contribution is 2.38. The van der Waals surface area contributed by atoms with E-state index >= 15 is 0 Å². The van der Waals surface area contributed by atoms with Gasteiger partial charge in [-0.15, -0.1) is 0 Å². The normalized spacial score (nSPS) is 23.0. The van der Waals surface area contributed by atoms with Crippen LogP contribution in [-0.4, -0.2) is 35.7 Å². The zero-order valence-corrected chi connectivity index (χ0v) is 15.7. The van der Waals surface area contributed by atoms with Crippen LogP contribution in [0.2, 0.25) is 5.02 Å². The number of anilines is 1. The summed E-state index contributed by atoms with van der Waals surface area (Å²) in [6.45, 7) is 1.55. The Morgan fingerprint density at radius 2 is 1.77 bits per heavy atom. The molecule has 2 aromatic carbocycles. The molecule has 0 bridgehead atoms. The fourth-order valence-electron chi connectivity index (χ4n) is 4.05. The molecule has 2 aliphatic heterocycles. The SMILES string of the molecule is COc1ccc(N2C3=[N+](CCCCC3)C[C@]2(O)c2ccc(Cl)cc2)cc1. The van der Waals surface area contributed by atoms with E-state index in [0.29, 0.717) is 11.6 Å². The standard InChI is InChI=1S/C21H24ClN2O2/c1-26-19-12-10-18(11-13-19)24-20-5-3-2-4-14-23(20)15-21(24,25)16-6-8-17(22)9-7-16/h6-13,25H,2-5,14-15H2,1H3/q+1/t21-/m0/s1. The summed E-state index contributed by atoms with van der Waals surface area (Å²) >= 11 is 6.07. The van der Waals surface area contributed by atoms with Gasteiger partial charge in [-0.2, -0.15) is 4.90 Å². The zero-order valence-electron chi connectivity index (χ0n) is 15.0. The predicted octanol–water partition coefficient (Wildman–Crippen LogP) is 4.00. The third-order valence-electron chi connectivity index (χ3n) is 5.37. The molecule has 5 heteroatoms. The molecule has 2 aliphatic rings. The van der Waals surface area contributed by atoms with E-state index in [-0.39, 0.29) is 0 Å². The summed E-state index contributed by atoms with van der Waals surface area (Å²) in [6.07, 6.45) is 4.52. The Morgan fingerprint density at radius 3 is 2.46 bits per heavy atom. The maximum absolute atomic E-state index is 11.8. The monoisotopic (exact) mass is 371 g/mol. The Hall–Kier alpha value is -2.04. The minimum absolute atomic E-state index is 0.565. The van der Waals surface area contributed by atoms with Crippen LogP contribution in [0.4, 0.5) is 5.69 Å². The molecule has 2 aromatic rings. The Morgan fingerprint density at radius 1 is 1.04 bits per heavy atom. The van der Waals surface area contributed by atoms with Crippen LogP contribution in [0.3, 0.4) is 0 Å². The quantitative estimate of drug-likeness (QED) is 0.828. The first-order valence-electron chi connectivity index (χ1n) is 9.15. The third-order valence-corrected chi connectivity index (χ3v) is 5.62. The van der Waals surface area contributed by atoms with Crippen molar-refractivity contribution in [2.45, 2.75) is 31.4 Å². The number of nitrogens with zero attached hydrogens (tertiary/aromatic N) is 2. The summed E-state index contributed by atoms with van der Waals surface area (Å²) in [5, 5.41) is 12.5. The lowest BCUT2D eigenvalue weighted by molar-refractivity contribution is -0.534. The Balaban J connectivity index is 1.81. The molecule has 0 aromatic heterocycles. The lowest BCUT2D eigenvalue weighted by Crippen LogP contribution is -2.47. The second-order valence-electron chi connectivity index (χ2n) is 7.01. The molecule has 0 aliphatic carbocycles. The lowest BCUT2D eigenvalue weighted by Gasteiger charge is -2.29. The van der Waals surface area contributed by atoms with Gasteiger partial charge in [0.1, 0.15) is 11.4 Å². The van der Waals surface area contributed by atoms with Crippen molar-refractivity contribution in [1.82, 2.24) is 0 Å². The van der Waals surface area contributed by atoms with Gasteiger partial charge in [0.2, 0.25) is 0 Å². The molecule has 1 N–H and O–H groups in total. The third kappa shape index (κ3) is 2.97. The lowest BCUT2D eigenvalue weighted by atomic mass is 10.00. The average Bonchev–Trinajstić information content (AvgIpc) is 2.79. The Labute approximate surface area is 159 Å². The summed E-state index contributed by atoms with van der Waals surface area (Å²) < 4.78 is 7.63. The summed E-state index contributed by atoms with van der Waals surface area (Å²) in [4.78, 5) is 2.10.